The number of amides is 1. The van der Waals surface area contributed by atoms with Crippen molar-refractivity contribution in [1.29, 1.82) is 0 Å². The second-order valence-electron chi connectivity index (χ2n) is 4.54. The number of aryl methyl sites for hydroxylation is 1. The van der Waals surface area contributed by atoms with Gasteiger partial charge in [-0.2, -0.15) is 0 Å². The second kappa shape index (κ2) is 4.91. The monoisotopic (exact) mass is 251 g/mol. The molecule has 1 aromatic rings. The van der Waals surface area contributed by atoms with Crippen molar-refractivity contribution in [1.82, 2.24) is 4.98 Å². The molecule has 4 N–H and O–H groups in total. The number of carbonyl (C=O) groups is 1. The minimum atomic E-state index is -0.948. The number of rotatable bonds is 2. The summed E-state index contributed by atoms with van der Waals surface area (Å²) in [4.78, 5) is 16.2. The lowest BCUT2D eigenvalue weighted by Crippen LogP contribution is -2.54. The highest BCUT2D eigenvalue weighted by Gasteiger charge is 2.36. The van der Waals surface area contributed by atoms with Crippen LogP contribution in [0.2, 0.25) is 0 Å². The number of aromatic hydroxyl groups is 1. The summed E-state index contributed by atoms with van der Waals surface area (Å²) in [5.74, 6) is -0.250. The fraction of sp³-hybridized carbons (Fsp3) is 0.500. The largest absolute Gasteiger partial charge is 0.504 e. The Morgan fingerprint density at radius 1 is 1.50 bits per heavy atom. The van der Waals surface area contributed by atoms with E-state index in [4.69, 9.17) is 10.5 Å². The Morgan fingerprint density at radius 3 is 2.83 bits per heavy atom. The molecule has 98 valence electrons. The van der Waals surface area contributed by atoms with Crippen LogP contribution in [0.25, 0.3) is 0 Å². The van der Waals surface area contributed by atoms with Gasteiger partial charge in [-0.15, -0.1) is 0 Å². The first-order valence-corrected chi connectivity index (χ1v) is 5.86. The lowest BCUT2D eigenvalue weighted by Gasteiger charge is -2.31. The molecular formula is C12H17N3O3. The van der Waals surface area contributed by atoms with Crippen LogP contribution in [0.15, 0.2) is 12.1 Å². The zero-order chi connectivity index (χ0) is 13.2. The summed E-state index contributed by atoms with van der Waals surface area (Å²) < 4.78 is 5.18. The minimum absolute atomic E-state index is 0.0652. The molecule has 6 heteroatoms. The highest BCUT2D eigenvalue weighted by atomic mass is 16.5. The van der Waals surface area contributed by atoms with Gasteiger partial charge in [0.05, 0.1) is 0 Å². The van der Waals surface area contributed by atoms with E-state index in [0.717, 1.165) is 0 Å². The molecular weight excluding hydrogens is 234 g/mol. The van der Waals surface area contributed by atoms with E-state index in [1.807, 2.05) is 0 Å². The predicted molar refractivity (Wildman–Crippen MR) is 66.2 cm³/mol. The smallest absolute Gasteiger partial charge is 0.245 e. The third kappa shape index (κ3) is 2.60. The van der Waals surface area contributed by atoms with Crippen LogP contribution in [0.5, 0.6) is 5.75 Å². The molecule has 6 nitrogen and oxygen atoms in total. The summed E-state index contributed by atoms with van der Waals surface area (Å²) in [5, 5.41) is 12.2. The highest BCUT2D eigenvalue weighted by molar-refractivity contribution is 5.98. The van der Waals surface area contributed by atoms with E-state index in [2.05, 4.69) is 10.3 Å². The Labute approximate surface area is 105 Å². The number of nitrogens with one attached hydrogen (secondary N) is 1. The number of hydrogen-bond acceptors (Lipinski definition) is 5. The lowest BCUT2D eigenvalue weighted by molar-refractivity contribution is -0.124. The SMILES string of the molecule is Cc1ccc(O)c(NC(=O)C2(N)CCOCC2)n1. The van der Waals surface area contributed by atoms with E-state index in [1.54, 1.807) is 13.0 Å². The van der Waals surface area contributed by atoms with Gasteiger partial charge in [-0.25, -0.2) is 4.98 Å². The molecule has 0 aliphatic carbocycles. The maximum atomic E-state index is 12.1. The van der Waals surface area contributed by atoms with Crippen molar-refractivity contribution >= 4 is 11.7 Å². The number of anilines is 1. The maximum absolute atomic E-state index is 12.1. The summed E-state index contributed by atoms with van der Waals surface area (Å²) in [6.45, 7) is 2.72. The molecule has 0 bridgehead atoms. The Kier molecular flexibility index (Phi) is 3.49. The maximum Gasteiger partial charge on any atom is 0.245 e. The van der Waals surface area contributed by atoms with Gasteiger partial charge in [0.2, 0.25) is 5.91 Å². The molecule has 1 aliphatic rings. The third-order valence-electron chi connectivity index (χ3n) is 3.08. The average Bonchev–Trinajstić information content (AvgIpc) is 2.35. The Balaban J connectivity index is 2.13. The van der Waals surface area contributed by atoms with Gasteiger partial charge in [0.25, 0.3) is 0 Å². The zero-order valence-corrected chi connectivity index (χ0v) is 10.3. The Hall–Kier alpha value is -1.66. The van der Waals surface area contributed by atoms with Gasteiger partial charge >= 0.3 is 0 Å². The van der Waals surface area contributed by atoms with Gasteiger partial charge in [0, 0.05) is 18.9 Å². The van der Waals surface area contributed by atoms with Crippen molar-refractivity contribution in [2.24, 2.45) is 5.73 Å². The van der Waals surface area contributed by atoms with Crippen LogP contribution in [0.3, 0.4) is 0 Å². The van der Waals surface area contributed by atoms with Crippen molar-refractivity contribution in [3.05, 3.63) is 17.8 Å². The molecule has 0 unspecified atom stereocenters. The first-order chi connectivity index (χ1) is 8.51. The molecule has 1 fully saturated rings. The van der Waals surface area contributed by atoms with Gasteiger partial charge in [0.15, 0.2) is 11.6 Å². The molecule has 1 aromatic heterocycles. The van der Waals surface area contributed by atoms with E-state index in [0.29, 0.717) is 31.7 Å². The first kappa shape index (κ1) is 12.8. The van der Waals surface area contributed by atoms with Crippen LogP contribution in [0.4, 0.5) is 5.82 Å². The van der Waals surface area contributed by atoms with Crippen LogP contribution in [-0.4, -0.2) is 34.8 Å². The molecule has 18 heavy (non-hydrogen) atoms. The van der Waals surface area contributed by atoms with Gasteiger partial charge in [-0.1, -0.05) is 0 Å². The minimum Gasteiger partial charge on any atom is -0.504 e. The zero-order valence-electron chi connectivity index (χ0n) is 10.3. The van der Waals surface area contributed by atoms with Crippen molar-refractivity contribution in [2.45, 2.75) is 25.3 Å². The van der Waals surface area contributed by atoms with Crippen LogP contribution in [0.1, 0.15) is 18.5 Å². The fourth-order valence-electron chi connectivity index (χ4n) is 1.84. The molecule has 0 aromatic carbocycles. The molecule has 0 radical (unpaired) electrons. The van der Waals surface area contributed by atoms with Crippen molar-refractivity contribution < 1.29 is 14.6 Å². The van der Waals surface area contributed by atoms with Gasteiger partial charge in [0.1, 0.15) is 5.54 Å². The molecule has 2 rings (SSSR count). The van der Waals surface area contributed by atoms with Gasteiger partial charge < -0.3 is 20.9 Å². The standard InChI is InChI=1S/C12H17N3O3/c1-8-2-3-9(16)10(14-8)15-11(17)12(13)4-6-18-7-5-12/h2-3,16H,4-7,13H2,1H3,(H,14,15,17). The molecule has 2 heterocycles. The molecule has 1 amide bonds. The van der Waals surface area contributed by atoms with E-state index < -0.39 is 5.54 Å². The van der Waals surface area contributed by atoms with Crippen molar-refractivity contribution in [3.63, 3.8) is 0 Å². The normalized spacial score (nSPS) is 18.3. The van der Waals surface area contributed by atoms with E-state index >= 15 is 0 Å². The number of hydrogen-bond donors (Lipinski definition) is 3. The number of nitrogens with zero attached hydrogens (tertiary/aromatic N) is 1. The molecule has 1 saturated heterocycles. The van der Waals surface area contributed by atoms with Gasteiger partial charge in [-0.05, 0) is 31.9 Å². The fourth-order valence-corrected chi connectivity index (χ4v) is 1.84. The number of nitrogens with two attached hydrogens (primary N) is 1. The van der Waals surface area contributed by atoms with E-state index in [-0.39, 0.29) is 17.5 Å². The highest BCUT2D eigenvalue weighted by Crippen LogP contribution is 2.24. The first-order valence-electron chi connectivity index (χ1n) is 5.86. The van der Waals surface area contributed by atoms with Crippen molar-refractivity contribution in [3.8, 4) is 5.75 Å². The Morgan fingerprint density at radius 2 is 2.17 bits per heavy atom. The Bertz CT molecular complexity index is 456. The molecule has 0 atom stereocenters. The number of pyridine rings is 1. The molecule has 1 aliphatic heterocycles. The lowest BCUT2D eigenvalue weighted by atomic mass is 9.90. The van der Waals surface area contributed by atoms with Crippen LogP contribution >= 0.6 is 0 Å². The topological polar surface area (TPSA) is 97.5 Å². The average molecular weight is 251 g/mol. The van der Waals surface area contributed by atoms with Crippen molar-refractivity contribution in [2.75, 3.05) is 18.5 Å². The van der Waals surface area contributed by atoms with Crippen LogP contribution in [0, 0.1) is 6.92 Å². The third-order valence-corrected chi connectivity index (χ3v) is 3.08. The van der Waals surface area contributed by atoms with Gasteiger partial charge in [-0.3, -0.25) is 4.79 Å². The van der Waals surface area contributed by atoms with Crippen LogP contribution < -0.4 is 11.1 Å². The number of ether oxygens (including phenoxy) is 1. The summed E-state index contributed by atoms with van der Waals surface area (Å²) in [7, 11) is 0. The van der Waals surface area contributed by atoms with Crippen LogP contribution in [-0.2, 0) is 9.53 Å². The second-order valence-corrected chi connectivity index (χ2v) is 4.54. The van der Waals surface area contributed by atoms with E-state index in [9.17, 15) is 9.90 Å². The quantitative estimate of drug-likeness (QED) is 0.712. The van der Waals surface area contributed by atoms with E-state index in [1.165, 1.54) is 6.07 Å². The predicted octanol–water partition coefficient (Wildman–Crippen LogP) is 0.542. The summed E-state index contributed by atoms with van der Waals surface area (Å²) in [5.41, 5.74) is 5.80. The summed E-state index contributed by atoms with van der Waals surface area (Å²) >= 11 is 0. The number of carbonyl (C=O) groups excluding carboxylic acids is 1. The summed E-state index contributed by atoms with van der Waals surface area (Å²) in [6, 6.07) is 3.16. The number of aromatic nitrogens is 1. The molecule has 0 saturated carbocycles. The molecule has 0 spiro atoms. The summed E-state index contributed by atoms with van der Waals surface area (Å²) in [6.07, 6.45) is 0.927.